The molecule has 1 amide bonds. The molecule has 2 N–H and O–H groups in total. The van der Waals surface area contributed by atoms with Crippen LogP contribution in [0.1, 0.15) is 18.2 Å². The molecule has 0 bridgehead atoms. The fraction of sp³-hybridized carbons (Fsp3) is 0.308. The Morgan fingerprint density at radius 1 is 1.56 bits per heavy atom. The largest absolute Gasteiger partial charge is 0.466 e. The highest BCUT2D eigenvalue weighted by Crippen LogP contribution is 2.19. The van der Waals surface area contributed by atoms with E-state index in [2.05, 4.69) is 5.32 Å². The van der Waals surface area contributed by atoms with Gasteiger partial charge in [0.25, 0.3) is 0 Å². The van der Waals surface area contributed by atoms with Crippen molar-refractivity contribution in [3.63, 3.8) is 0 Å². The van der Waals surface area contributed by atoms with E-state index in [9.17, 15) is 9.90 Å². The number of aliphatic hydroxyl groups is 1. The maximum Gasteiger partial charge on any atom is 0.224 e. The molecule has 2 heterocycles. The molecule has 0 unspecified atom stereocenters. The lowest BCUT2D eigenvalue weighted by atomic mass is 10.0. The zero-order chi connectivity index (χ0) is 13.0. The Hall–Kier alpha value is -1.59. The summed E-state index contributed by atoms with van der Waals surface area (Å²) in [6.07, 6.45) is 1.83. The Morgan fingerprint density at radius 2 is 2.39 bits per heavy atom. The van der Waals surface area contributed by atoms with Crippen molar-refractivity contribution in [3.05, 3.63) is 46.5 Å². The highest BCUT2D eigenvalue weighted by Gasteiger charge is 2.26. The quantitative estimate of drug-likeness (QED) is 0.868. The maximum absolute atomic E-state index is 11.7. The summed E-state index contributed by atoms with van der Waals surface area (Å²) in [6.45, 7) is 1.74. The van der Waals surface area contributed by atoms with E-state index in [-0.39, 0.29) is 12.5 Å². The SMILES string of the molecule is C[C@@](O)(CNC(=O)Cc1ccsc1)c1ccco1. The number of hydrogen-bond donors (Lipinski definition) is 2. The van der Waals surface area contributed by atoms with E-state index in [1.54, 1.807) is 30.4 Å². The van der Waals surface area contributed by atoms with Crippen molar-refractivity contribution in [2.24, 2.45) is 0 Å². The van der Waals surface area contributed by atoms with E-state index in [1.807, 2.05) is 16.8 Å². The summed E-state index contributed by atoms with van der Waals surface area (Å²) in [5.41, 5.74) is -0.205. The number of rotatable bonds is 5. The van der Waals surface area contributed by atoms with Crippen LogP contribution in [0.3, 0.4) is 0 Å². The number of hydrogen-bond acceptors (Lipinski definition) is 4. The fourth-order valence-electron chi connectivity index (χ4n) is 1.58. The van der Waals surface area contributed by atoms with E-state index in [1.165, 1.54) is 6.26 Å². The molecule has 4 nitrogen and oxygen atoms in total. The van der Waals surface area contributed by atoms with Gasteiger partial charge >= 0.3 is 0 Å². The molecule has 0 saturated carbocycles. The number of carbonyl (C=O) groups excluding carboxylic acids is 1. The van der Waals surface area contributed by atoms with Crippen molar-refractivity contribution in [3.8, 4) is 0 Å². The lowest BCUT2D eigenvalue weighted by molar-refractivity contribution is -0.121. The molecule has 0 aliphatic carbocycles. The first kappa shape index (κ1) is 12.9. The topological polar surface area (TPSA) is 62.5 Å². The first-order chi connectivity index (χ1) is 8.58. The normalized spacial score (nSPS) is 14.1. The van der Waals surface area contributed by atoms with Crippen LogP contribution < -0.4 is 5.32 Å². The first-order valence-corrected chi connectivity index (χ1v) is 6.56. The molecule has 1 atom stereocenters. The van der Waals surface area contributed by atoms with Crippen LogP contribution in [0, 0.1) is 0 Å². The van der Waals surface area contributed by atoms with Crippen molar-refractivity contribution < 1.29 is 14.3 Å². The van der Waals surface area contributed by atoms with Gasteiger partial charge in [-0.3, -0.25) is 4.79 Å². The van der Waals surface area contributed by atoms with Gasteiger partial charge in [-0.15, -0.1) is 0 Å². The van der Waals surface area contributed by atoms with Gasteiger partial charge in [0, 0.05) is 0 Å². The lowest BCUT2D eigenvalue weighted by Crippen LogP contribution is -2.38. The second-order valence-corrected chi connectivity index (χ2v) is 5.12. The van der Waals surface area contributed by atoms with E-state index >= 15 is 0 Å². The van der Waals surface area contributed by atoms with Crippen molar-refractivity contribution in [2.75, 3.05) is 6.54 Å². The van der Waals surface area contributed by atoms with Crippen LogP contribution in [0.25, 0.3) is 0 Å². The Balaban J connectivity index is 1.86. The van der Waals surface area contributed by atoms with Crippen molar-refractivity contribution in [2.45, 2.75) is 18.9 Å². The smallest absolute Gasteiger partial charge is 0.224 e. The minimum absolute atomic E-state index is 0.111. The summed E-state index contributed by atoms with van der Waals surface area (Å²) in [5.74, 6) is 0.332. The molecular formula is C13H15NO3S. The molecule has 0 aliphatic rings. The highest BCUT2D eigenvalue weighted by molar-refractivity contribution is 7.07. The molecule has 2 aromatic heterocycles. The van der Waals surface area contributed by atoms with Gasteiger partial charge in [-0.25, -0.2) is 0 Å². The Labute approximate surface area is 109 Å². The Morgan fingerprint density at radius 3 is 3.00 bits per heavy atom. The Kier molecular flexibility index (Phi) is 3.84. The molecule has 2 aromatic rings. The minimum Gasteiger partial charge on any atom is -0.466 e. The molecule has 2 rings (SSSR count). The monoisotopic (exact) mass is 265 g/mol. The maximum atomic E-state index is 11.7. The van der Waals surface area contributed by atoms with Crippen molar-refractivity contribution in [1.82, 2.24) is 5.32 Å². The molecule has 5 heteroatoms. The third-order valence-corrected chi connectivity index (χ3v) is 3.36. The number of amides is 1. The van der Waals surface area contributed by atoms with Gasteiger partial charge in [-0.05, 0) is 41.4 Å². The molecular weight excluding hydrogens is 250 g/mol. The van der Waals surface area contributed by atoms with Gasteiger partial charge in [0.2, 0.25) is 5.91 Å². The number of carbonyl (C=O) groups is 1. The molecule has 0 aromatic carbocycles. The van der Waals surface area contributed by atoms with Crippen LogP contribution >= 0.6 is 11.3 Å². The summed E-state index contributed by atoms with van der Waals surface area (Å²) in [6, 6.07) is 5.30. The van der Waals surface area contributed by atoms with Crippen LogP contribution in [-0.4, -0.2) is 17.6 Å². The van der Waals surface area contributed by atoms with Crippen molar-refractivity contribution >= 4 is 17.2 Å². The average molecular weight is 265 g/mol. The van der Waals surface area contributed by atoms with Crippen LogP contribution in [0.15, 0.2) is 39.6 Å². The Bertz CT molecular complexity index is 488. The van der Waals surface area contributed by atoms with E-state index in [0.29, 0.717) is 12.2 Å². The molecule has 18 heavy (non-hydrogen) atoms. The standard InChI is InChI=1S/C13H15NO3S/c1-13(16,11-3-2-5-17-11)9-14-12(15)7-10-4-6-18-8-10/h2-6,8,16H,7,9H2,1H3,(H,14,15)/t13-/m1/s1. The second-order valence-electron chi connectivity index (χ2n) is 4.34. The molecule has 0 aliphatic heterocycles. The van der Waals surface area contributed by atoms with Crippen LogP contribution in [0.4, 0.5) is 0 Å². The zero-order valence-electron chi connectivity index (χ0n) is 10.1. The van der Waals surface area contributed by atoms with E-state index in [4.69, 9.17) is 4.42 Å². The summed E-state index contributed by atoms with van der Waals surface area (Å²) < 4.78 is 5.14. The number of furan rings is 1. The van der Waals surface area contributed by atoms with Gasteiger partial charge in [-0.2, -0.15) is 11.3 Å². The molecule has 0 saturated heterocycles. The summed E-state index contributed by atoms with van der Waals surface area (Å²) in [7, 11) is 0. The van der Waals surface area contributed by atoms with Gasteiger partial charge in [0.05, 0.1) is 19.2 Å². The summed E-state index contributed by atoms with van der Waals surface area (Å²) >= 11 is 1.56. The second kappa shape index (κ2) is 5.37. The van der Waals surface area contributed by atoms with E-state index in [0.717, 1.165) is 5.56 Å². The van der Waals surface area contributed by atoms with Crippen LogP contribution in [0.5, 0.6) is 0 Å². The minimum atomic E-state index is -1.19. The summed E-state index contributed by atoms with van der Waals surface area (Å²) in [5, 5.41) is 16.7. The molecule has 96 valence electrons. The van der Waals surface area contributed by atoms with Crippen LogP contribution in [-0.2, 0) is 16.8 Å². The van der Waals surface area contributed by atoms with Gasteiger partial charge in [0.1, 0.15) is 11.4 Å². The van der Waals surface area contributed by atoms with E-state index < -0.39 is 5.60 Å². The fourth-order valence-corrected chi connectivity index (χ4v) is 2.25. The third-order valence-electron chi connectivity index (χ3n) is 2.63. The zero-order valence-corrected chi connectivity index (χ0v) is 10.9. The van der Waals surface area contributed by atoms with Crippen molar-refractivity contribution in [1.29, 1.82) is 0 Å². The first-order valence-electron chi connectivity index (χ1n) is 5.62. The third kappa shape index (κ3) is 3.21. The van der Waals surface area contributed by atoms with Crippen LogP contribution in [0.2, 0.25) is 0 Å². The van der Waals surface area contributed by atoms with Gasteiger partial charge < -0.3 is 14.8 Å². The number of thiophene rings is 1. The molecule has 0 fully saturated rings. The lowest BCUT2D eigenvalue weighted by Gasteiger charge is -2.21. The predicted octanol–water partition coefficient (Wildman–Crippen LogP) is 1.91. The van der Waals surface area contributed by atoms with Gasteiger partial charge in [-0.1, -0.05) is 0 Å². The summed E-state index contributed by atoms with van der Waals surface area (Å²) in [4.78, 5) is 11.7. The highest BCUT2D eigenvalue weighted by atomic mass is 32.1. The number of nitrogens with one attached hydrogen (secondary N) is 1. The average Bonchev–Trinajstić information content (AvgIpc) is 2.99. The molecule has 0 spiro atoms. The molecule has 0 radical (unpaired) electrons. The van der Waals surface area contributed by atoms with Gasteiger partial charge in [0.15, 0.2) is 0 Å². The predicted molar refractivity (Wildman–Crippen MR) is 69.3 cm³/mol.